The van der Waals surface area contributed by atoms with Gasteiger partial charge in [0.1, 0.15) is 11.5 Å². The zero-order valence-corrected chi connectivity index (χ0v) is 15.5. The van der Waals surface area contributed by atoms with E-state index in [0.717, 1.165) is 27.5 Å². The number of ether oxygens (including phenoxy) is 1. The minimum absolute atomic E-state index is 0.174. The van der Waals surface area contributed by atoms with E-state index in [4.69, 9.17) is 22.1 Å². The Balaban J connectivity index is 2.18. The third-order valence-corrected chi connectivity index (χ3v) is 4.70. The minimum atomic E-state index is 0.174. The predicted octanol–water partition coefficient (Wildman–Crippen LogP) is 5.94. The van der Waals surface area contributed by atoms with Crippen molar-refractivity contribution in [3.05, 3.63) is 55.9 Å². The van der Waals surface area contributed by atoms with Crippen molar-refractivity contribution in [2.24, 2.45) is 5.73 Å². The normalized spacial score (nSPS) is 12.2. The molecule has 2 N–H and O–H groups in total. The van der Waals surface area contributed by atoms with Crippen molar-refractivity contribution in [1.29, 1.82) is 0 Å². The van der Waals surface area contributed by atoms with Gasteiger partial charge in [0.25, 0.3) is 0 Å². The summed E-state index contributed by atoms with van der Waals surface area (Å²) in [5.41, 5.74) is 7.18. The second-order valence-electron chi connectivity index (χ2n) is 4.80. The molecule has 2 aromatic carbocycles. The number of hydrogen-bond acceptors (Lipinski definition) is 2. The molecule has 0 saturated carbocycles. The maximum absolute atomic E-state index is 6.13. The Bertz CT molecular complexity index is 634. The van der Waals surface area contributed by atoms with Gasteiger partial charge in [0.05, 0.1) is 5.02 Å². The van der Waals surface area contributed by atoms with Gasteiger partial charge < -0.3 is 10.5 Å². The fraction of sp³-hybridized carbons (Fsp3) is 0.250. The van der Waals surface area contributed by atoms with Gasteiger partial charge in [-0.15, -0.1) is 0 Å². The Morgan fingerprint density at radius 3 is 2.62 bits per heavy atom. The van der Waals surface area contributed by atoms with Crippen LogP contribution in [0.2, 0.25) is 5.02 Å². The lowest BCUT2D eigenvalue weighted by Crippen LogP contribution is -2.21. The fourth-order valence-electron chi connectivity index (χ4n) is 1.87. The molecule has 1 atom stereocenters. The van der Waals surface area contributed by atoms with Gasteiger partial charge in [0.2, 0.25) is 0 Å². The van der Waals surface area contributed by atoms with Crippen molar-refractivity contribution >= 4 is 43.5 Å². The summed E-state index contributed by atoms with van der Waals surface area (Å²) < 4.78 is 7.75. The van der Waals surface area contributed by atoms with Gasteiger partial charge in [-0.3, -0.25) is 0 Å². The Kier molecular flexibility index (Phi) is 6.11. The van der Waals surface area contributed by atoms with Crippen LogP contribution in [0.5, 0.6) is 11.5 Å². The summed E-state index contributed by atoms with van der Waals surface area (Å²) in [6.45, 7) is 2.09. The zero-order valence-electron chi connectivity index (χ0n) is 11.6. The van der Waals surface area contributed by atoms with Gasteiger partial charge in [-0.25, -0.2) is 0 Å². The summed E-state index contributed by atoms with van der Waals surface area (Å²) in [6, 6.07) is 11.6. The van der Waals surface area contributed by atoms with Gasteiger partial charge in [0.15, 0.2) is 0 Å². The highest BCUT2D eigenvalue weighted by molar-refractivity contribution is 9.10. The molecule has 112 valence electrons. The number of halogens is 3. The zero-order chi connectivity index (χ0) is 15.4. The lowest BCUT2D eigenvalue weighted by Gasteiger charge is -2.13. The lowest BCUT2D eigenvalue weighted by atomic mass is 10.0. The van der Waals surface area contributed by atoms with E-state index in [0.29, 0.717) is 10.8 Å². The molecule has 0 aliphatic heterocycles. The molecular formula is C16H16Br2ClNO. The molecule has 2 rings (SSSR count). The summed E-state index contributed by atoms with van der Waals surface area (Å²) in [4.78, 5) is 0. The number of hydrogen-bond donors (Lipinski definition) is 1. The topological polar surface area (TPSA) is 35.2 Å². The SMILES string of the molecule is CCC(N)Cc1ccc(Oc2cc(Br)ccc2Cl)cc1Br. The van der Waals surface area contributed by atoms with E-state index in [2.05, 4.69) is 38.8 Å². The second kappa shape index (κ2) is 7.63. The number of rotatable bonds is 5. The van der Waals surface area contributed by atoms with Crippen LogP contribution in [-0.4, -0.2) is 6.04 Å². The summed E-state index contributed by atoms with van der Waals surface area (Å²) in [6.07, 6.45) is 1.80. The van der Waals surface area contributed by atoms with E-state index in [1.54, 1.807) is 6.07 Å². The molecular weight excluding hydrogens is 417 g/mol. The molecule has 0 bridgehead atoms. The molecule has 0 spiro atoms. The molecule has 0 fully saturated rings. The van der Waals surface area contributed by atoms with Crippen molar-refractivity contribution in [2.45, 2.75) is 25.8 Å². The maximum Gasteiger partial charge on any atom is 0.147 e. The van der Waals surface area contributed by atoms with Crippen LogP contribution < -0.4 is 10.5 Å². The molecule has 0 saturated heterocycles. The van der Waals surface area contributed by atoms with E-state index < -0.39 is 0 Å². The third kappa shape index (κ3) is 4.71. The van der Waals surface area contributed by atoms with Crippen LogP contribution in [0.15, 0.2) is 45.3 Å². The molecule has 0 radical (unpaired) electrons. The monoisotopic (exact) mass is 431 g/mol. The molecule has 2 aromatic rings. The van der Waals surface area contributed by atoms with Gasteiger partial charge in [-0.1, -0.05) is 56.5 Å². The van der Waals surface area contributed by atoms with E-state index in [1.807, 2.05) is 30.3 Å². The molecule has 5 heteroatoms. The number of nitrogens with two attached hydrogens (primary N) is 1. The van der Waals surface area contributed by atoms with E-state index in [-0.39, 0.29) is 6.04 Å². The first-order valence-corrected chi connectivity index (χ1v) is 8.63. The predicted molar refractivity (Wildman–Crippen MR) is 95.3 cm³/mol. The van der Waals surface area contributed by atoms with Gasteiger partial charge in [-0.05, 0) is 48.7 Å². The van der Waals surface area contributed by atoms with Crippen molar-refractivity contribution in [1.82, 2.24) is 0 Å². The van der Waals surface area contributed by atoms with Crippen LogP contribution in [0.25, 0.3) is 0 Å². The molecule has 0 heterocycles. The summed E-state index contributed by atoms with van der Waals surface area (Å²) in [7, 11) is 0. The summed E-state index contributed by atoms with van der Waals surface area (Å²) >= 11 is 13.1. The largest absolute Gasteiger partial charge is 0.456 e. The molecule has 0 amide bonds. The van der Waals surface area contributed by atoms with Crippen molar-refractivity contribution in [2.75, 3.05) is 0 Å². The first-order valence-electron chi connectivity index (χ1n) is 6.66. The minimum Gasteiger partial charge on any atom is -0.456 e. The third-order valence-electron chi connectivity index (χ3n) is 3.15. The quantitative estimate of drug-likeness (QED) is 0.634. The highest BCUT2D eigenvalue weighted by atomic mass is 79.9. The average molecular weight is 434 g/mol. The lowest BCUT2D eigenvalue weighted by molar-refractivity contribution is 0.482. The molecule has 2 nitrogen and oxygen atoms in total. The Morgan fingerprint density at radius 1 is 1.19 bits per heavy atom. The van der Waals surface area contributed by atoms with Gasteiger partial charge in [-0.2, -0.15) is 0 Å². The Labute approximate surface area is 146 Å². The number of benzene rings is 2. The van der Waals surface area contributed by atoms with Crippen LogP contribution in [0.4, 0.5) is 0 Å². The molecule has 0 aliphatic carbocycles. The summed E-state index contributed by atoms with van der Waals surface area (Å²) in [5.74, 6) is 1.35. The van der Waals surface area contributed by atoms with Crippen LogP contribution in [-0.2, 0) is 6.42 Å². The van der Waals surface area contributed by atoms with E-state index >= 15 is 0 Å². The highest BCUT2D eigenvalue weighted by Crippen LogP contribution is 2.33. The Hall–Kier alpha value is -0.550. The van der Waals surface area contributed by atoms with Crippen molar-refractivity contribution in [3.8, 4) is 11.5 Å². The van der Waals surface area contributed by atoms with Crippen LogP contribution in [0.1, 0.15) is 18.9 Å². The van der Waals surface area contributed by atoms with Crippen LogP contribution in [0.3, 0.4) is 0 Å². The first-order chi connectivity index (χ1) is 9.99. The smallest absolute Gasteiger partial charge is 0.147 e. The maximum atomic E-state index is 6.13. The second-order valence-corrected chi connectivity index (χ2v) is 6.98. The molecule has 0 aromatic heterocycles. The van der Waals surface area contributed by atoms with E-state index in [9.17, 15) is 0 Å². The summed E-state index contributed by atoms with van der Waals surface area (Å²) in [5, 5.41) is 0.575. The standard InChI is InChI=1S/C16H16Br2ClNO/c1-2-12(20)7-10-3-5-13(9-14(10)18)21-16-8-11(17)4-6-15(16)19/h3-6,8-9,12H,2,7,20H2,1H3. The van der Waals surface area contributed by atoms with Crippen LogP contribution >= 0.6 is 43.5 Å². The first kappa shape index (κ1) is 16.8. The molecule has 21 heavy (non-hydrogen) atoms. The van der Waals surface area contributed by atoms with Crippen LogP contribution in [0, 0.1) is 0 Å². The fourth-order valence-corrected chi connectivity index (χ4v) is 2.88. The van der Waals surface area contributed by atoms with E-state index in [1.165, 1.54) is 5.56 Å². The molecule has 0 aliphatic rings. The highest BCUT2D eigenvalue weighted by Gasteiger charge is 2.09. The van der Waals surface area contributed by atoms with Gasteiger partial charge >= 0.3 is 0 Å². The van der Waals surface area contributed by atoms with Gasteiger partial charge in [0, 0.05) is 15.0 Å². The Morgan fingerprint density at radius 2 is 1.95 bits per heavy atom. The molecule has 1 unspecified atom stereocenters. The van der Waals surface area contributed by atoms with Crippen molar-refractivity contribution in [3.63, 3.8) is 0 Å². The van der Waals surface area contributed by atoms with Crippen molar-refractivity contribution < 1.29 is 4.74 Å². The average Bonchev–Trinajstić information content (AvgIpc) is 2.45.